The molecule has 0 unspecified atom stereocenters. The fourth-order valence-corrected chi connectivity index (χ4v) is 9.32. The standard InChI is InChI=1S/C35H38ClN5O5S2/c1-6-25-20-40(48(43,44)30-18-37-16-15-28(30)46-25)19-24-17-29(47-33(24)36)31(26-13-14-27-32(22(26)3)38-39-41(27)7-2)35(4,5)34(42)45-21-23-11-9-8-10-12-23/h8-18,25,31H,6-7,19-21H2,1-5H3/t25-,31+/m1/s1. The molecule has 2 atom stereocenters. The van der Waals surface area contributed by atoms with Crippen LogP contribution in [0.15, 0.2) is 71.9 Å². The van der Waals surface area contributed by atoms with Gasteiger partial charge in [-0.15, -0.1) is 16.4 Å². The number of benzene rings is 2. The van der Waals surface area contributed by atoms with Crippen molar-refractivity contribution in [2.75, 3.05) is 6.54 Å². The highest BCUT2D eigenvalue weighted by Gasteiger charge is 2.43. The van der Waals surface area contributed by atoms with Gasteiger partial charge >= 0.3 is 5.97 Å². The topological polar surface area (TPSA) is 117 Å². The van der Waals surface area contributed by atoms with E-state index < -0.39 is 21.4 Å². The zero-order valence-electron chi connectivity index (χ0n) is 27.5. The Hall–Kier alpha value is -3.84. The number of hydrogen-bond acceptors (Lipinski definition) is 9. The Bertz CT molecular complexity index is 2060. The summed E-state index contributed by atoms with van der Waals surface area (Å²) < 4.78 is 43.4. The first-order valence-corrected chi connectivity index (χ1v) is 18.5. The van der Waals surface area contributed by atoms with Crippen LogP contribution in [-0.2, 0) is 39.3 Å². The second kappa shape index (κ2) is 13.6. The first-order chi connectivity index (χ1) is 22.9. The van der Waals surface area contributed by atoms with E-state index in [4.69, 9.17) is 21.1 Å². The van der Waals surface area contributed by atoms with Gasteiger partial charge in [-0.1, -0.05) is 60.1 Å². The van der Waals surface area contributed by atoms with Crippen molar-refractivity contribution < 1.29 is 22.7 Å². The van der Waals surface area contributed by atoms with Gasteiger partial charge in [-0.3, -0.25) is 9.78 Å². The summed E-state index contributed by atoms with van der Waals surface area (Å²) in [5, 5.41) is 8.79. The zero-order chi connectivity index (χ0) is 34.2. The van der Waals surface area contributed by atoms with Gasteiger partial charge in [0.15, 0.2) is 0 Å². The van der Waals surface area contributed by atoms with Crippen molar-refractivity contribution in [2.24, 2.45) is 5.41 Å². The van der Waals surface area contributed by atoms with Gasteiger partial charge in [0.2, 0.25) is 10.0 Å². The van der Waals surface area contributed by atoms with Gasteiger partial charge < -0.3 is 9.47 Å². The molecule has 3 aromatic heterocycles. The van der Waals surface area contributed by atoms with Gasteiger partial charge in [0.05, 0.1) is 28.0 Å². The maximum Gasteiger partial charge on any atom is 0.312 e. The summed E-state index contributed by atoms with van der Waals surface area (Å²) in [6, 6.07) is 17.1. The number of aromatic nitrogens is 4. The largest absolute Gasteiger partial charge is 0.488 e. The van der Waals surface area contributed by atoms with Gasteiger partial charge in [-0.2, -0.15) is 4.31 Å². The van der Waals surface area contributed by atoms with Crippen LogP contribution in [0.5, 0.6) is 5.75 Å². The van der Waals surface area contributed by atoms with E-state index in [0.29, 0.717) is 22.9 Å². The Morgan fingerprint density at radius 2 is 1.94 bits per heavy atom. The van der Waals surface area contributed by atoms with Crippen LogP contribution >= 0.6 is 22.9 Å². The molecule has 0 saturated carbocycles. The third-order valence-electron chi connectivity index (χ3n) is 8.98. The van der Waals surface area contributed by atoms with E-state index in [0.717, 1.165) is 32.6 Å². The van der Waals surface area contributed by atoms with Crippen LogP contribution in [0.25, 0.3) is 11.0 Å². The minimum atomic E-state index is -3.95. The van der Waals surface area contributed by atoms with Crippen LogP contribution in [0.4, 0.5) is 0 Å². The molecule has 252 valence electrons. The number of pyridine rings is 1. The van der Waals surface area contributed by atoms with Crippen molar-refractivity contribution >= 4 is 50.0 Å². The van der Waals surface area contributed by atoms with Crippen LogP contribution in [-0.4, -0.2) is 51.3 Å². The van der Waals surface area contributed by atoms with Crippen LogP contribution in [0.3, 0.4) is 0 Å². The number of esters is 1. The molecule has 4 heterocycles. The quantitative estimate of drug-likeness (QED) is 0.141. The van der Waals surface area contributed by atoms with E-state index in [1.165, 1.54) is 28.0 Å². The number of hydrogen-bond donors (Lipinski definition) is 0. The molecular weight excluding hydrogens is 670 g/mol. The predicted octanol–water partition coefficient (Wildman–Crippen LogP) is 7.13. The maximum absolute atomic E-state index is 14.0. The van der Waals surface area contributed by atoms with Crippen molar-refractivity contribution in [3.8, 4) is 5.75 Å². The van der Waals surface area contributed by atoms with Gasteiger partial charge in [-0.05, 0) is 74.6 Å². The molecule has 2 aromatic carbocycles. The number of thiophene rings is 1. The Labute approximate surface area is 289 Å². The zero-order valence-corrected chi connectivity index (χ0v) is 29.9. The van der Waals surface area contributed by atoms with E-state index in [1.54, 1.807) is 6.07 Å². The number of halogens is 1. The minimum Gasteiger partial charge on any atom is -0.488 e. The normalized spacial score (nSPS) is 17.0. The fourth-order valence-electron chi connectivity index (χ4n) is 6.22. The smallest absolute Gasteiger partial charge is 0.312 e. The summed E-state index contributed by atoms with van der Waals surface area (Å²) in [5.41, 5.74) is 3.91. The number of ether oxygens (including phenoxy) is 2. The Morgan fingerprint density at radius 1 is 1.17 bits per heavy atom. The van der Waals surface area contributed by atoms with Gasteiger partial charge in [-0.25, -0.2) is 13.1 Å². The lowest BCUT2D eigenvalue weighted by Gasteiger charge is -2.33. The van der Waals surface area contributed by atoms with Crippen molar-refractivity contribution in [1.82, 2.24) is 24.3 Å². The number of aryl methyl sites for hydroxylation is 2. The third-order valence-corrected chi connectivity index (χ3v) is 12.3. The molecule has 48 heavy (non-hydrogen) atoms. The summed E-state index contributed by atoms with van der Waals surface area (Å²) in [6.07, 6.45) is 3.11. The Balaban J connectivity index is 1.41. The molecule has 10 nitrogen and oxygen atoms in total. The first-order valence-electron chi connectivity index (χ1n) is 15.9. The summed E-state index contributed by atoms with van der Waals surface area (Å²) in [6.45, 7) is 10.7. The third kappa shape index (κ3) is 6.34. The number of carbonyl (C=O) groups excluding carboxylic acids is 1. The fraction of sp³-hybridized carbons (Fsp3) is 0.371. The number of carbonyl (C=O) groups is 1. The molecule has 1 aliphatic heterocycles. The molecule has 0 radical (unpaired) electrons. The van der Waals surface area contributed by atoms with E-state index in [9.17, 15) is 13.2 Å². The molecule has 0 bridgehead atoms. The lowest BCUT2D eigenvalue weighted by Crippen LogP contribution is -2.36. The van der Waals surface area contributed by atoms with E-state index >= 15 is 0 Å². The SMILES string of the molecule is CC[C@@H]1CN(Cc2cc([C@H](c3ccc4c(nnn4CC)c3C)C(C)(C)C(=O)OCc3ccccc3)sc2Cl)S(=O)(=O)c2cnccc2O1. The summed E-state index contributed by atoms with van der Waals surface area (Å²) in [5.74, 6) is -0.579. The van der Waals surface area contributed by atoms with Crippen LogP contribution in [0.1, 0.15) is 67.2 Å². The molecule has 13 heteroatoms. The molecule has 0 amide bonds. The maximum atomic E-state index is 14.0. The van der Waals surface area contributed by atoms with E-state index in [1.807, 2.05) is 87.8 Å². The first kappa shape index (κ1) is 34.0. The molecule has 6 rings (SSSR count). The van der Waals surface area contributed by atoms with E-state index in [-0.39, 0.29) is 42.4 Å². The molecular formula is C35H38ClN5O5S2. The summed E-state index contributed by atoms with van der Waals surface area (Å²) >= 11 is 8.28. The van der Waals surface area contributed by atoms with Crippen molar-refractivity contribution in [3.05, 3.63) is 98.5 Å². The molecule has 0 spiro atoms. The average Bonchev–Trinajstić information content (AvgIpc) is 3.64. The lowest BCUT2D eigenvalue weighted by molar-refractivity contribution is -0.156. The Kier molecular flexibility index (Phi) is 9.63. The second-order valence-electron chi connectivity index (χ2n) is 12.5. The Morgan fingerprint density at radius 3 is 2.67 bits per heavy atom. The predicted molar refractivity (Wildman–Crippen MR) is 186 cm³/mol. The number of rotatable bonds is 10. The van der Waals surface area contributed by atoms with E-state index in [2.05, 4.69) is 15.3 Å². The minimum absolute atomic E-state index is 0.0248. The molecule has 0 N–H and O–H groups in total. The highest BCUT2D eigenvalue weighted by Crippen LogP contribution is 2.48. The highest BCUT2D eigenvalue weighted by atomic mass is 35.5. The van der Waals surface area contributed by atoms with Crippen molar-refractivity contribution in [2.45, 2.75) is 77.7 Å². The number of fused-ring (bicyclic) bond motifs is 2. The summed E-state index contributed by atoms with van der Waals surface area (Å²) in [4.78, 5) is 18.9. The molecule has 5 aromatic rings. The van der Waals surface area contributed by atoms with Crippen LogP contribution in [0.2, 0.25) is 4.34 Å². The van der Waals surface area contributed by atoms with Gasteiger partial charge in [0.1, 0.15) is 28.9 Å². The molecule has 0 fully saturated rings. The van der Waals surface area contributed by atoms with Crippen molar-refractivity contribution in [3.63, 3.8) is 0 Å². The van der Waals surface area contributed by atoms with Gasteiger partial charge in [0.25, 0.3) is 0 Å². The number of nitrogens with zero attached hydrogens (tertiary/aromatic N) is 5. The lowest BCUT2D eigenvalue weighted by atomic mass is 9.72. The average molecular weight is 708 g/mol. The molecule has 0 aliphatic carbocycles. The van der Waals surface area contributed by atoms with Crippen LogP contribution < -0.4 is 4.74 Å². The monoisotopic (exact) mass is 707 g/mol. The summed E-state index contributed by atoms with van der Waals surface area (Å²) in [7, 11) is -3.95. The molecule has 0 saturated heterocycles. The highest BCUT2D eigenvalue weighted by molar-refractivity contribution is 7.89. The van der Waals surface area contributed by atoms with Crippen molar-refractivity contribution in [1.29, 1.82) is 0 Å². The van der Waals surface area contributed by atoms with Crippen LogP contribution in [0, 0.1) is 12.3 Å². The number of sulfonamides is 1. The molecule has 1 aliphatic rings. The second-order valence-corrected chi connectivity index (χ2v) is 16.1. The van der Waals surface area contributed by atoms with Gasteiger partial charge in [0, 0.05) is 30.1 Å².